The SMILES string of the molecule is OC1(CNCc2c(Cl)cccc2Cl)CCSC1. The zero-order valence-electron chi connectivity index (χ0n) is 9.38. The highest BCUT2D eigenvalue weighted by Crippen LogP contribution is 2.28. The minimum atomic E-state index is -0.571. The quantitative estimate of drug-likeness (QED) is 0.895. The van der Waals surface area contributed by atoms with Crippen LogP contribution in [0.2, 0.25) is 10.0 Å². The fraction of sp³-hybridized carbons (Fsp3) is 0.500. The van der Waals surface area contributed by atoms with Crippen molar-refractivity contribution < 1.29 is 5.11 Å². The molecule has 1 saturated heterocycles. The Balaban J connectivity index is 1.90. The lowest BCUT2D eigenvalue weighted by molar-refractivity contribution is 0.0675. The largest absolute Gasteiger partial charge is 0.388 e. The maximum Gasteiger partial charge on any atom is 0.0869 e. The highest BCUT2D eigenvalue weighted by molar-refractivity contribution is 7.99. The van der Waals surface area contributed by atoms with Crippen LogP contribution in [-0.2, 0) is 6.54 Å². The molecule has 0 bridgehead atoms. The third kappa shape index (κ3) is 3.52. The Morgan fingerprint density at radius 1 is 1.35 bits per heavy atom. The molecule has 0 saturated carbocycles. The number of nitrogens with one attached hydrogen (secondary N) is 1. The highest BCUT2D eigenvalue weighted by atomic mass is 35.5. The van der Waals surface area contributed by atoms with Gasteiger partial charge >= 0.3 is 0 Å². The van der Waals surface area contributed by atoms with E-state index in [0.717, 1.165) is 23.5 Å². The molecule has 1 atom stereocenters. The summed E-state index contributed by atoms with van der Waals surface area (Å²) < 4.78 is 0. The van der Waals surface area contributed by atoms with Gasteiger partial charge in [-0.15, -0.1) is 0 Å². The van der Waals surface area contributed by atoms with E-state index in [1.165, 1.54) is 0 Å². The van der Waals surface area contributed by atoms with Crippen molar-refractivity contribution in [2.45, 2.75) is 18.6 Å². The molecule has 1 aliphatic heterocycles. The predicted molar refractivity (Wildman–Crippen MR) is 75.1 cm³/mol. The smallest absolute Gasteiger partial charge is 0.0869 e. The van der Waals surface area contributed by atoms with Gasteiger partial charge in [0.2, 0.25) is 0 Å². The molecule has 0 amide bonds. The summed E-state index contributed by atoms with van der Waals surface area (Å²) in [4.78, 5) is 0. The molecule has 0 spiro atoms. The molecule has 0 aliphatic carbocycles. The summed E-state index contributed by atoms with van der Waals surface area (Å²) in [5, 5.41) is 14.7. The van der Waals surface area contributed by atoms with E-state index in [-0.39, 0.29) is 0 Å². The monoisotopic (exact) mass is 291 g/mol. The van der Waals surface area contributed by atoms with Crippen molar-refractivity contribution in [3.63, 3.8) is 0 Å². The zero-order valence-corrected chi connectivity index (χ0v) is 11.7. The molecule has 5 heteroatoms. The van der Waals surface area contributed by atoms with Gasteiger partial charge in [0.15, 0.2) is 0 Å². The average Bonchev–Trinajstić information content (AvgIpc) is 2.70. The predicted octanol–water partition coefficient (Wildman–Crippen LogP) is 2.95. The van der Waals surface area contributed by atoms with Crippen LogP contribution in [0.15, 0.2) is 18.2 Å². The molecule has 2 nitrogen and oxygen atoms in total. The molecule has 1 aliphatic rings. The number of aliphatic hydroxyl groups is 1. The summed E-state index contributed by atoms with van der Waals surface area (Å²) >= 11 is 13.9. The molecule has 2 rings (SSSR count). The van der Waals surface area contributed by atoms with Crippen LogP contribution in [0.25, 0.3) is 0 Å². The molecule has 1 fully saturated rings. The summed E-state index contributed by atoms with van der Waals surface area (Å²) in [6, 6.07) is 5.48. The van der Waals surface area contributed by atoms with Gasteiger partial charge in [0, 0.05) is 34.5 Å². The Labute approximate surface area is 116 Å². The fourth-order valence-electron chi connectivity index (χ4n) is 1.86. The van der Waals surface area contributed by atoms with E-state index in [1.807, 2.05) is 18.2 Å². The van der Waals surface area contributed by atoms with E-state index in [9.17, 15) is 5.11 Å². The molecule has 1 heterocycles. The van der Waals surface area contributed by atoms with Crippen molar-refractivity contribution in [3.8, 4) is 0 Å². The summed E-state index contributed by atoms with van der Waals surface area (Å²) in [6.07, 6.45) is 0.848. The van der Waals surface area contributed by atoms with Crippen LogP contribution in [0.1, 0.15) is 12.0 Å². The first-order valence-electron chi connectivity index (χ1n) is 5.54. The molecule has 94 valence electrons. The molecular formula is C12H15Cl2NOS. The number of rotatable bonds is 4. The fourth-order valence-corrected chi connectivity index (χ4v) is 3.68. The normalized spacial score (nSPS) is 24.2. The third-order valence-corrected chi connectivity index (χ3v) is 4.84. The lowest BCUT2D eigenvalue weighted by atomic mass is 10.0. The van der Waals surface area contributed by atoms with Crippen LogP contribution in [-0.4, -0.2) is 28.8 Å². The van der Waals surface area contributed by atoms with Crippen LogP contribution in [0.4, 0.5) is 0 Å². The van der Waals surface area contributed by atoms with Crippen molar-refractivity contribution in [2.24, 2.45) is 0 Å². The van der Waals surface area contributed by atoms with Gasteiger partial charge in [-0.2, -0.15) is 11.8 Å². The maximum atomic E-state index is 10.2. The van der Waals surface area contributed by atoms with Gasteiger partial charge in [0.25, 0.3) is 0 Å². The standard InChI is InChI=1S/C12H15Cl2NOS/c13-10-2-1-3-11(14)9(10)6-15-7-12(16)4-5-17-8-12/h1-3,15-16H,4-8H2. The topological polar surface area (TPSA) is 32.3 Å². The van der Waals surface area contributed by atoms with E-state index >= 15 is 0 Å². The first-order valence-corrected chi connectivity index (χ1v) is 7.45. The van der Waals surface area contributed by atoms with Gasteiger partial charge in [-0.1, -0.05) is 29.3 Å². The second-order valence-corrected chi connectivity index (χ2v) is 6.25. The second-order valence-electron chi connectivity index (χ2n) is 4.33. The zero-order chi connectivity index (χ0) is 12.3. The Bertz CT molecular complexity index is 374. The van der Waals surface area contributed by atoms with Crippen LogP contribution in [0, 0.1) is 0 Å². The molecular weight excluding hydrogens is 277 g/mol. The van der Waals surface area contributed by atoms with E-state index in [4.69, 9.17) is 23.2 Å². The second kappa shape index (κ2) is 5.81. The van der Waals surface area contributed by atoms with Crippen molar-refractivity contribution in [1.29, 1.82) is 0 Å². The van der Waals surface area contributed by atoms with Crippen LogP contribution >= 0.6 is 35.0 Å². The first kappa shape index (κ1) is 13.5. The number of benzene rings is 1. The number of hydrogen-bond donors (Lipinski definition) is 2. The molecule has 2 N–H and O–H groups in total. The van der Waals surface area contributed by atoms with Crippen LogP contribution < -0.4 is 5.32 Å². The highest BCUT2D eigenvalue weighted by Gasteiger charge is 2.31. The van der Waals surface area contributed by atoms with Crippen molar-refractivity contribution in [3.05, 3.63) is 33.8 Å². The minimum Gasteiger partial charge on any atom is -0.388 e. The van der Waals surface area contributed by atoms with Gasteiger partial charge in [-0.05, 0) is 24.3 Å². The van der Waals surface area contributed by atoms with Crippen LogP contribution in [0.5, 0.6) is 0 Å². The molecule has 0 aromatic heterocycles. The van der Waals surface area contributed by atoms with E-state index < -0.39 is 5.60 Å². The Hall–Kier alpha value is 0.0700. The third-order valence-electron chi connectivity index (χ3n) is 2.90. The van der Waals surface area contributed by atoms with Gasteiger partial charge in [0.1, 0.15) is 0 Å². The molecule has 1 unspecified atom stereocenters. The van der Waals surface area contributed by atoms with Crippen molar-refractivity contribution >= 4 is 35.0 Å². The minimum absolute atomic E-state index is 0.571. The van der Waals surface area contributed by atoms with E-state index in [2.05, 4.69) is 5.32 Å². The van der Waals surface area contributed by atoms with Gasteiger partial charge in [0.05, 0.1) is 5.60 Å². The van der Waals surface area contributed by atoms with Crippen LogP contribution in [0.3, 0.4) is 0 Å². The molecule has 0 radical (unpaired) electrons. The lowest BCUT2D eigenvalue weighted by Gasteiger charge is -2.22. The molecule has 17 heavy (non-hydrogen) atoms. The van der Waals surface area contributed by atoms with Crippen molar-refractivity contribution in [2.75, 3.05) is 18.1 Å². The van der Waals surface area contributed by atoms with E-state index in [0.29, 0.717) is 23.1 Å². The van der Waals surface area contributed by atoms with Gasteiger partial charge in [-0.25, -0.2) is 0 Å². The lowest BCUT2D eigenvalue weighted by Crippen LogP contribution is -2.40. The van der Waals surface area contributed by atoms with Crippen molar-refractivity contribution in [1.82, 2.24) is 5.32 Å². The summed E-state index contributed by atoms with van der Waals surface area (Å²) in [5.41, 5.74) is 0.323. The first-order chi connectivity index (χ1) is 8.11. The Morgan fingerprint density at radius 3 is 2.65 bits per heavy atom. The maximum absolute atomic E-state index is 10.2. The summed E-state index contributed by atoms with van der Waals surface area (Å²) in [6.45, 7) is 1.17. The number of thioether (sulfide) groups is 1. The number of halogens is 2. The van der Waals surface area contributed by atoms with Gasteiger partial charge < -0.3 is 10.4 Å². The molecule has 1 aromatic carbocycles. The summed E-state index contributed by atoms with van der Waals surface area (Å²) in [7, 11) is 0. The number of hydrogen-bond acceptors (Lipinski definition) is 3. The Kier molecular flexibility index (Phi) is 4.61. The Morgan fingerprint density at radius 2 is 2.06 bits per heavy atom. The molecule has 1 aromatic rings. The van der Waals surface area contributed by atoms with E-state index in [1.54, 1.807) is 11.8 Å². The summed E-state index contributed by atoms with van der Waals surface area (Å²) in [5.74, 6) is 1.83. The average molecular weight is 292 g/mol. The van der Waals surface area contributed by atoms with Gasteiger partial charge in [-0.3, -0.25) is 0 Å².